The summed E-state index contributed by atoms with van der Waals surface area (Å²) in [5.41, 5.74) is 7.45. The second-order valence-electron chi connectivity index (χ2n) is 4.22. The quantitative estimate of drug-likeness (QED) is 0.750. The second kappa shape index (κ2) is 4.96. The van der Waals surface area contributed by atoms with Crippen LogP contribution >= 0.6 is 0 Å². The minimum absolute atomic E-state index is 0.439. The van der Waals surface area contributed by atoms with Crippen LogP contribution < -0.4 is 11.1 Å². The first-order valence-electron chi connectivity index (χ1n) is 6.03. The number of nitrogens with two attached hydrogens (primary N) is 1. The molecular weight excluding hydrogens is 254 g/mol. The van der Waals surface area contributed by atoms with E-state index >= 15 is 0 Å². The molecule has 0 amide bonds. The smallest absolute Gasteiger partial charge is 0.166 e. The Hall–Kier alpha value is -2.96. The maximum absolute atomic E-state index is 6.10. The van der Waals surface area contributed by atoms with E-state index < -0.39 is 0 Å². The summed E-state index contributed by atoms with van der Waals surface area (Å²) in [6.07, 6.45) is 6.52. The van der Waals surface area contributed by atoms with Crippen molar-refractivity contribution in [1.82, 2.24) is 24.5 Å². The van der Waals surface area contributed by atoms with E-state index in [1.807, 2.05) is 25.1 Å². The summed E-state index contributed by atoms with van der Waals surface area (Å²) in [6, 6.07) is 5.69. The number of nitrogens with one attached hydrogen (secondary N) is 1. The Balaban J connectivity index is 1.97. The molecule has 3 heterocycles. The van der Waals surface area contributed by atoms with Crippen LogP contribution in [0.2, 0.25) is 0 Å². The zero-order chi connectivity index (χ0) is 13.9. The Morgan fingerprint density at radius 3 is 2.90 bits per heavy atom. The standard InChI is InChI=1S/C13H13N7/c1-9-3-2-4-10(18-9)19-12-11(14)13(17-7-16-12)20-6-5-15-8-20/h2-8H,14H2,1H3,(H,16,17,18,19). The molecule has 7 heteroatoms. The predicted octanol–water partition coefficient (Wildman–Crippen LogP) is 1.69. The third-order valence-electron chi connectivity index (χ3n) is 2.75. The molecule has 0 aliphatic carbocycles. The van der Waals surface area contributed by atoms with Crippen molar-refractivity contribution < 1.29 is 0 Å². The average molecular weight is 267 g/mol. The maximum atomic E-state index is 6.10. The molecule has 0 radical (unpaired) electrons. The lowest BCUT2D eigenvalue weighted by atomic mass is 10.3. The molecule has 0 aliphatic heterocycles. The van der Waals surface area contributed by atoms with Crippen molar-refractivity contribution in [3.63, 3.8) is 0 Å². The third-order valence-corrected chi connectivity index (χ3v) is 2.75. The van der Waals surface area contributed by atoms with Crippen LogP contribution in [0.1, 0.15) is 5.69 Å². The first-order valence-corrected chi connectivity index (χ1v) is 6.03. The van der Waals surface area contributed by atoms with E-state index in [9.17, 15) is 0 Å². The Morgan fingerprint density at radius 1 is 1.25 bits per heavy atom. The van der Waals surface area contributed by atoms with Gasteiger partial charge in [-0.15, -0.1) is 0 Å². The molecule has 0 fully saturated rings. The summed E-state index contributed by atoms with van der Waals surface area (Å²) < 4.78 is 1.73. The zero-order valence-corrected chi connectivity index (χ0v) is 10.9. The third kappa shape index (κ3) is 2.28. The van der Waals surface area contributed by atoms with Crippen LogP contribution in [0, 0.1) is 6.92 Å². The molecule has 0 saturated heterocycles. The van der Waals surface area contributed by atoms with Crippen molar-refractivity contribution in [2.45, 2.75) is 6.92 Å². The summed E-state index contributed by atoms with van der Waals surface area (Å²) in [4.78, 5) is 16.7. The molecule has 0 spiro atoms. The van der Waals surface area contributed by atoms with E-state index in [0.29, 0.717) is 23.1 Å². The topological polar surface area (TPSA) is 94.5 Å². The van der Waals surface area contributed by atoms with Gasteiger partial charge in [0.05, 0.1) is 0 Å². The fourth-order valence-electron chi connectivity index (χ4n) is 1.81. The maximum Gasteiger partial charge on any atom is 0.166 e. The second-order valence-corrected chi connectivity index (χ2v) is 4.22. The van der Waals surface area contributed by atoms with E-state index in [4.69, 9.17) is 5.73 Å². The number of pyridine rings is 1. The van der Waals surface area contributed by atoms with Gasteiger partial charge in [-0.05, 0) is 19.1 Å². The van der Waals surface area contributed by atoms with Crippen molar-refractivity contribution in [3.8, 4) is 5.82 Å². The van der Waals surface area contributed by atoms with E-state index in [2.05, 4.69) is 25.3 Å². The van der Waals surface area contributed by atoms with Crippen LogP contribution in [-0.4, -0.2) is 24.5 Å². The van der Waals surface area contributed by atoms with Crippen LogP contribution in [0.4, 0.5) is 17.3 Å². The summed E-state index contributed by atoms with van der Waals surface area (Å²) in [6.45, 7) is 1.92. The van der Waals surface area contributed by atoms with Gasteiger partial charge in [-0.1, -0.05) is 6.07 Å². The Labute approximate surface area is 115 Å². The summed E-state index contributed by atoms with van der Waals surface area (Å²) in [5, 5.41) is 3.09. The van der Waals surface area contributed by atoms with Crippen LogP contribution in [-0.2, 0) is 0 Å². The van der Waals surface area contributed by atoms with Crippen molar-refractivity contribution in [2.75, 3.05) is 11.1 Å². The van der Waals surface area contributed by atoms with Crippen molar-refractivity contribution in [3.05, 3.63) is 48.9 Å². The van der Waals surface area contributed by atoms with E-state index in [0.717, 1.165) is 5.69 Å². The van der Waals surface area contributed by atoms with Crippen LogP contribution in [0.3, 0.4) is 0 Å². The first-order chi connectivity index (χ1) is 9.74. The van der Waals surface area contributed by atoms with Gasteiger partial charge in [-0.3, -0.25) is 4.57 Å². The Morgan fingerprint density at radius 2 is 2.15 bits per heavy atom. The number of nitrogen functional groups attached to an aromatic ring is 1. The highest BCUT2D eigenvalue weighted by Crippen LogP contribution is 2.23. The van der Waals surface area contributed by atoms with Crippen molar-refractivity contribution in [2.24, 2.45) is 0 Å². The normalized spacial score (nSPS) is 10.4. The largest absolute Gasteiger partial charge is 0.393 e. The van der Waals surface area contributed by atoms with Crippen molar-refractivity contribution in [1.29, 1.82) is 0 Å². The van der Waals surface area contributed by atoms with E-state index in [1.54, 1.807) is 23.3 Å². The molecule has 0 aliphatic rings. The molecule has 20 heavy (non-hydrogen) atoms. The predicted molar refractivity (Wildman–Crippen MR) is 75.8 cm³/mol. The van der Waals surface area contributed by atoms with Gasteiger partial charge in [0.25, 0.3) is 0 Å². The van der Waals surface area contributed by atoms with Gasteiger partial charge in [0.2, 0.25) is 0 Å². The fraction of sp³-hybridized carbons (Fsp3) is 0.0769. The lowest BCUT2D eigenvalue weighted by Crippen LogP contribution is -2.07. The molecule has 3 rings (SSSR count). The van der Waals surface area contributed by atoms with E-state index in [1.165, 1.54) is 6.33 Å². The SMILES string of the molecule is Cc1cccc(Nc2ncnc(-n3ccnc3)c2N)n1. The van der Waals surface area contributed by atoms with Gasteiger partial charge in [0.15, 0.2) is 11.6 Å². The number of hydrogen-bond donors (Lipinski definition) is 2. The molecule has 3 aromatic heterocycles. The molecule has 0 atom stereocenters. The number of rotatable bonds is 3. The summed E-state index contributed by atoms with van der Waals surface area (Å²) in [5.74, 6) is 1.78. The van der Waals surface area contributed by atoms with Gasteiger partial charge in [-0.2, -0.15) is 0 Å². The van der Waals surface area contributed by atoms with Gasteiger partial charge in [-0.25, -0.2) is 19.9 Å². The summed E-state index contributed by atoms with van der Waals surface area (Å²) >= 11 is 0. The number of anilines is 3. The number of nitrogens with zero attached hydrogens (tertiary/aromatic N) is 5. The monoisotopic (exact) mass is 267 g/mol. The molecule has 0 aromatic carbocycles. The molecule has 0 saturated carbocycles. The lowest BCUT2D eigenvalue weighted by Gasteiger charge is -2.11. The van der Waals surface area contributed by atoms with Gasteiger partial charge >= 0.3 is 0 Å². The zero-order valence-electron chi connectivity index (χ0n) is 10.9. The van der Waals surface area contributed by atoms with E-state index in [-0.39, 0.29) is 0 Å². The number of imidazole rings is 1. The fourth-order valence-corrected chi connectivity index (χ4v) is 1.81. The highest BCUT2D eigenvalue weighted by molar-refractivity contribution is 5.72. The lowest BCUT2D eigenvalue weighted by molar-refractivity contribution is 0.976. The number of hydrogen-bond acceptors (Lipinski definition) is 6. The highest BCUT2D eigenvalue weighted by atomic mass is 15.2. The van der Waals surface area contributed by atoms with Gasteiger partial charge < -0.3 is 11.1 Å². The molecule has 0 bridgehead atoms. The summed E-state index contributed by atoms with van der Waals surface area (Å²) in [7, 11) is 0. The van der Waals surface area contributed by atoms with Crippen molar-refractivity contribution >= 4 is 17.3 Å². The minimum atomic E-state index is 0.439. The number of aryl methyl sites for hydroxylation is 1. The molecular formula is C13H13N7. The molecule has 100 valence electrons. The van der Waals surface area contributed by atoms with Crippen LogP contribution in [0.5, 0.6) is 0 Å². The van der Waals surface area contributed by atoms with Gasteiger partial charge in [0, 0.05) is 18.1 Å². The Bertz CT molecular complexity index is 721. The first kappa shape index (κ1) is 12.1. The van der Waals surface area contributed by atoms with Crippen LogP contribution in [0.15, 0.2) is 43.2 Å². The molecule has 7 nitrogen and oxygen atoms in total. The average Bonchev–Trinajstić information content (AvgIpc) is 2.95. The highest BCUT2D eigenvalue weighted by Gasteiger charge is 2.10. The Kier molecular flexibility index (Phi) is 3.00. The van der Waals surface area contributed by atoms with Gasteiger partial charge in [0.1, 0.15) is 24.2 Å². The molecule has 3 N–H and O–H groups in total. The van der Waals surface area contributed by atoms with Crippen LogP contribution in [0.25, 0.3) is 5.82 Å². The molecule has 3 aromatic rings. The number of aromatic nitrogens is 5. The molecule has 0 unspecified atom stereocenters. The minimum Gasteiger partial charge on any atom is -0.393 e.